The molecule has 3 rings (SSSR count). The van der Waals surface area contributed by atoms with Crippen molar-refractivity contribution >= 4 is 41.5 Å². The van der Waals surface area contributed by atoms with Crippen molar-refractivity contribution < 1.29 is 4.39 Å². The summed E-state index contributed by atoms with van der Waals surface area (Å²) in [7, 11) is 3.76. The van der Waals surface area contributed by atoms with Crippen LogP contribution in [0.5, 0.6) is 0 Å². The highest BCUT2D eigenvalue weighted by Gasteiger charge is 2.25. The van der Waals surface area contributed by atoms with E-state index in [0.29, 0.717) is 17.5 Å². The highest BCUT2D eigenvalue weighted by atomic mass is 127. The smallest absolute Gasteiger partial charge is 0.193 e. The average molecular weight is 506 g/mol. The van der Waals surface area contributed by atoms with Crippen molar-refractivity contribution in [2.24, 2.45) is 18.0 Å². The highest BCUT2D eigenvalue weighted by Crippen LogP contribution is 2.21. The Morgan fingerprint density at radius 3 is 2.93 bits per heavy atom. The first-order chi connectivity index (χ1) is 12.5. The molecular weight excluding hydrogens is 480 g/mol. The van der Waals surface area contributed by atoms with Gasteiger partial charge in [0.15, 0.2) is 5.96 Å². The lowest BCUT2D eigenvalue weighted by Gasteiger charge is -2.21. The molecule has 0 aliphatic carbocycles. The van der Waals surface area contributed by atoms with Gasteiger partial charge in [-0.3, -0.25) is 9.67 Å². The second kappa shape index (κ2) is 10.3. The minimum atomic E-state index is -0.306. The van der Waals surface area contributed by atoms with Crippen molar-refractivity contribution in [2.45, 2.75) is 19.3 Å². The molecule has 0 bridgehead atoms. The quantitative estimate of drug-likeness (QED) is 0.384. The number of aromatic nitrogens is 2. The lowest BCUT2D eigenvalue weighted by atomic mass is 10.0. The number of benzene rings is 1. The molecule has 1 atom stereocenters. The lowest BCUT2D eigenvalue weighted by molar-refractivity contribution is 0.460. The van der Waals surface area contributed by atoms with Gasteiger partial charge in [-0.1, -0.05) is 17.7 Å². The van der Waals surface area contributed by atoms with Crippen LogP contribution in [0.2, 0.25) is 5.02 Å². The highest BCUT2D eigenvalue weighted by molar-refractivity contribution is 14.0. The Bertz CT molecular complexity index is 779. The van der Waals surface area contributed by atoms with E-state index in [0.717, 1.165) is 43.9 Å². The SMILES string of the molecule is CN=C(NCCc1ccc(F)cc1Cl)N1CCC(Cc2cnn(C)c2)C1.I. The summed E-state index contributed by atoms with van der Waals surface area (Å²) in [6.45, 7) is 2.70. The van der Waals surface area contributed by atoms with E-state index in [-0.39, 0.29) is 29.8 Å². The standard InChI is InChI=1S/C19H25ClFN5.HI/c1-22-19(23-7-5-16-3-4-17(21)10-18(16)20)26-8-6-14(13-26)9-15-11-24-25(2)12-15;/h3-4,10-12,14H,5-9,13H2,1-2H3,(H,22,23);1H. The molecule has 0 saturated carbocycles. The second-order valence-electron chi connectivity index (χ2n) is 6.79. The van der Waals surface area contributed by atoms with E-state index in [1.165, 1.54) is 17.7 Å². The van der Waals surface area contributed by atoms with Crippen LogP contribution in [0.1, 0.15) is 17.5 Å². The molecule has 0 radical (unpaired) electrons. The van der Waals surface area contributed by atoms with Crippen LogP contribution in [0.25, 0.3) is 0 Å². The third kappa shape index (κ3) is 6.07. The van der Waals surface area contributed by atoms with Gasteiger partial charge in [-0.05, 0) is 48.4 Å². The van der Waals surface area contributed by atoms with Crippen LogP contribution in [0.3, 0.4) is 0 Å². The maximum absolute atomic E-state index is 13.1. The van der Waals surface area contributed by atoms with Gasteiger partial charge >= 0.3 is 0 Å². The molecule has 148 valence electrons. The van der Waals surface area contributed by atoms with Gasteiger partial charge in [0.25, 0.3) is 0 Å². The van der Waals surface area contributed by atoms with Gasteiger partial charge < -0.3 is 10.2 Å². The van der Waals surface area contributed by atoms with Gasteiger partial charge in [0, 0.05) is 44.9 Å². The average Bonchev–Trinajstić information content (AvgIpc) is 3.23. The summed E-state index contributed by atoms with van der Waals surface area (Å²) in [5.41, 5.74) is 2.22. The molecule has 0 spiro atoms. The number of aliphatic imine (C=N–C) groups is 1. The van der Waals surface area contributed by atoms with Crippen LogP contribution in [0.15, 0.2) is 35.6 Å². The van der Waals surface area contributed by atoms with Gasteiger partial charge in [-0.2, -0.15) is 5.10 Å². The first-order valence-corrected chi connectivity index (χ1v) is 9.30. The Kier molecular flexibility index (Phi) is 8.34. The molecule has 1 saturated heterocycles. The summed E-state index contributed by atoms with van der Waals surface area (Å²) in [5, 5.41) is 8.11. The Labute approximate surface area is 182 Å². The van der Waals surface area contributed by atoms with Crippen molar-refractivity contribution in [1.29, 1.82) is 0 Å². The van der Waals surface area contributed by atoms with Crippen molar-refractivity contribution in [2.75, 3.05) is 26.7 Å². The molecule has 5 nitrogen and oxygen atoms in total. The summed E-state index contributed by atoms with van der Waals surface area (Å²) in [6, 6.07) is 4.54. The van der Waals surface area contributed by atoms with E-state index in [2.05, 4.69) is 26.5 Å². The number of nitrogens with zero attached hydrogens (tertiary/aromatic N) is 4. The van der Waals surface area contributed by atoms with Gasteiger partial charge in [0.1, 0.15) is 5.82 Å². The first kappa shape index (κ1) is 21.9. The Morgan fingerprint density at radius 2 is 2.26 bits per heavy atom. The zero-order valence-corrected chi connectivity index (χ0v) is 18.7. The number of aryl methyl sites for hydroxylation is 1. The van der Waals surface area contributed by atoms with E-state index in [4.69, 9.17) is 11.6 Å². The summed E-state index contributed by atoms with van der Waals surface area (Å²) in [5.74, 6) is 1.22. The van der Waals surface area contributed by atoms with Crippen LogP contribution < -0.4 is 5.32 Å². The molecule has 27 heavy (non-hydrogen) atoms. The number of rotatable bonds is 5. The molecule has 1 aromatic carbocycles. The molecule has 2 heterocycles. The Balaban J connectivity index is 0.00000261. The number of hydrogen-bond donors (Lipinski definition) is 1. The number of nitrogens with one attached hydrogen (secondary N) is 1. The van der Waals surface area contributed by atoms with Crippen molar-refractivity contribution in [3.8, 4) is 0 Å². The fourth-order valence-electron chi connectivity index (χ4n) is 3.47. The van der Waals surface area contributed by atoms with E-state index in [1.807, 2.05) is 25.0 Å². The van der Waals surface area contributed by atoms with Crippen molar-refractivity contribution in [1.82, 2.24) is 20.0 Å². The largest absolute Gasteiger partial charge is 0.356 e. The predicted octanol–water partition coefficient (Wildman–Crippen LogP) is 3.51. The van der Waals surface area contributed by atoms with Gasteiger partial charge in [-0.15, -0.1) is 24.0 Å². The summed E-state index contributed by atoms with van der Waals surface area (Å²) in [6.07, 6.45) is 6.96. The van der Waals surface area contributed by atoms with Crippen LogP contribution in [0, 0.1) is 11.7 Å². The second-order valence-corrected chi connectivity index (χ2v) is 7.19. The van der Waals surface area contributed by atoms with Crippen molar-refractivity contribution in [3.05, 3.63) is 52.6 Å². The number of guanidine groups is 1. The molecule has 1 aliphatic rings. The molecule has 8 heteroatoms. The molecule has 2 aromatic rings. The molecule has 1 aromatic heterocycles. The number of halogens is 3. The normalized spacial score (nSPS) is 17.1. The van der Waals surface area contributed by atoms with E-state index >= 15 is 0 Å². The first-order valence-electron chi connectivity index (χ1n) is 8.92. The Morgan fingerprint density at radius 1 is 1.44 bits per heavy atom. The van der Waals surface area contributed by atoms with Crippen molar-refractivity contribution in [3.63, 3.8) is 0 Å². The minimum Gasteiger partial charge on any atom is -0.356 e. The third-order valence-electron chi connectivity index (χ3n) is 4.77. The van der Waals surface area contributed by atoms with E-state index < -0.39 is 0 Å². The lowest BCUT2D eigenvalue weighted by Crippen LogP contribution is -2.41. The molecule has 1 N–H and O–H groups in total. The van der Waals surface area contributed by atoms with Gasteiger partial charge in [-0.25, -0.2) is 4.39 Å². The van der Waals surface area contributed by atoms with Crippen LogP contribution in [-0.2, 0) is 19.9 Å². The van der Waals surface area contributed by atoms with Gasteiger partial charge in [0.2, 0.25) is 0 Å². The minimum absolute atomic E-state index is 0. The van der Waals surface area contributed by atoms with Crippen LogP contribution in [-0.4, -0.2) is 47.3 Å². The molecule has 1 aliphatic heterocycles. The zero-order valence-electron chi connectivity index (χ0n) is 15.7. The summed E-state index contributed by atoms with van der Waals surface area (Å²) >= 11 is 6.09. The number of hydrogen-bond acceptors (Lipinski definition) is 2. The molecule has 1 unspecified atom stereocenters. The predicted molar refractivity (Wildman–Crippen MR) is 118 cm³/mol. The molecule has 1 fully saturated rings. The van der Waals surface area contributed by atoms with E-state index in [9.17, 15) is 4.39 Å². The maximum atomic E-state index is 13.1. The molecule has 0 amide bonds. The molecular formula is C19H26ClFIN5. The van der Waals surface area contributed by atoms with E-state index in [1.54, 1.807) is 6.07 Å². The third-order valence-corrected chi connectivity index (χ3v) is 5.12. The fourth-order valence-corrected chi connectivity index (χ4v) is 3.73. The van der Waals surface area contributed by atoms with Gasteiger partial charge in [0.05, 0.1) is 6.20 Å². The van der Waals surface area contributed by atoms with Crippen LogP contribution in [0.4, 0.5) is 4.39 Å². The Hall–Kier alpha value is -1.35. The van der Waals surface area contributed by atoms with Crippen LogP contribution >= 0.6 is 35.6 Å². The fraction of sp³-hybridized carbons (Fsp3) is 0.474. The maximum Gasteiger partial charge on any atom is 0.193 e. The number of likely N-dealkylation sites (tertiary alicyclic amines) is 1. The zero-order chi connectivity index (χ0) is 18.5. The topological polar surface area (TPSA) is 45.5 Å². The summed E-state index contributed by atoms with van der Waals surface area (Å²) < 4.78 is 15.0. The summed E-state index contributed by atoms with van der Waals surface area (Å²) in [4.78, 5) is 6.70. The monoisotopic (exact) mass is 505 g/mol.